The summed E-state index contributed by atoms with van der Waals surface area (Å²) in [5.74, 6) is 1.88. The lowest BCUT2D eigenvalue weighted by Crippen LogP contribution is -2.59. The number of ether oxygens (including phenoxy) is 4. The average molecular weight is 554 g/mol. The largest absolute Gasteiger partial charge is 0.497 e. The fourth-order valence-corrected chi connectivity index (χ4v) is 5.96. The average Bonchev–Trinajstić information content (AvgIpc) is 2.98. The molecule has 2 aliphatic rings. The van der Waals surface area contributed by atoms with Crippen molar-refractivity contribution in [2.75, 3.05) is 53.4 Å². The van der Waals surface area contributed by atoms with E-state index in [1.54, 1.807) is 83.6 Å². The number of rotatable bonds is 10. The number of nitrogens with zero attached hydrogens (tertiary/aromatic N) is 2. The highest BCUT2D eigenvalue weighted by molar-refractivity contribution is 6.03. The lowest BCUT2D eigenvalue weighted by atomic mass is 9.82. The minimum Gasteiger partial charge on any atom is -0.497 e. The van der Waals surface area contributed by atoms with Gasteiger partial charge in [0.15, 0.2) is 0 Å². The van der Waals surface area contributed by atoms with Gasteiger partial charge in [0.1, 0.15) is 28.5 Å². The first-order valence-corrected chi connectivity index (χ1v) is 14.0. The van der Waals surface area contributed by atoms with Crippen molar-refractivity contribution in [3.63, 3.8) is 0 Å². The molecule has 2 aromatic carbocycles. The van der Waals surface area contributed by atoms with E-state index in [4.69, 9.17) is 18.9 Å². The second-order valence-electron chi connectivity index (χ2n) is 11.1. The monoisotopic (exact) mass is 553 g/mol. The third-order valence-electron chi connectivity index (χ3n) is 8.33. The van der Waals surface area contributed by atoms with Crippen LogP contribution < -0.4 is 24.3 Å². The first-order chi connectivity index (χ1) is 19.2. The molecule has 1 N–H and O–H groups in total. The summed E-state index contributed by atoms with van der Waals surface area (Å²) < 4.78 is 21.6. The number of hydrogen-bond donors (Lipinski definition) is 1. The second-order valence-corrected chi connectivity index (χ2v) is 11.1. The smallest absolute Gasteiger partial charge is 0.255 e. The van der Waals surface area contributed by atoms with Gasteiger partial charge in [-0.2, -0.15) is 0 Å². The molecule has 0 aliphatic carbocycles. The lowest BCUT2D eigenvalue weighted by molar-refractivity contribution is -0.125. The number of methoxy groups -OCH3 is 4. The van der Waals surface area contributed by atoms with Crippen LogP contribution in [-0.4, -0.2) is 81.3 Å². The predicted molar refractivity (Wildman–Crippen MR) is 155 cm³/mol. The summed E-state index contributed by atoms with van der Waals surface area (Å²) in [5, 5.41) is 3.00. The Morgan fingerprint density at radius 1 is 0.825 bits per heavy atom. The summed E-state index contributed by atoms with van der Waals surface area (Å²) in [6, 6.07) is 10.8. The molecular weight excluding hydrogens is 510 g/mol. The van der Waals surface area contributed by atoms with E-state index in [-0.39, 0.29) is 17.7 Å². The van der Waals surface area contributed by atoms with Gasteiger partial charge < -0.3 is 34.1 Å². The quantitative estimate of drug-likeness (QED) is 0.450. The van der Waals surface area contributed by atoms with Gasteiger partial charge in [-0.1, -0.05) is 6.42 Å². The molecule has 0 spiro atoms. The molecule has 0 aromatic heterocycles. The molecule has 9 heteroatoms. The number of piperidine rings is 2. The number of carbonyl (C=O) groups is 2. The molecule has 2 aromatic rings. The van der Waals surface area contributed by atoms with Crippen molar-refractivity contribution < 1.29 is 28.5 Å². The van der Waals surface area contributed by atoms with Crippen molar-refractivity contribution in [2.24, 2.45) is 5.92 Å². The summed E-state index contributed by atoms with van der Waals surface area (Å²) in [6.07, 6.45) is 5.65. The summed E-state index contributed by atoms with van der Waals surface area (Å²) >= 11 is 0. The number of benzene rings is 2. The summed E-state index contributed by atoms with van der Waals surface area (Å²) in [4.78, 5) is 32.5. The maximum absolute atomic E-state index is 14.3. The molecule has 4 rings (SSSR count). The van der Waals surface area contributed by atoms with Gasteiger partial charge in [-0.05, 0) is 70.7 Å². The molecule has 2 heterocycles. The topological polar surface area (TPSA) is 89.6 Å². The number of anilines is 1. The van der Waals surface area contributed by atoms with Crippen LogP contribution in [0.1, 0.15) is 56.3 Å². The molecule has 0 radical (unpaired) electrons. The number of hydrogen-bond acceptors (Lipinski definition) is 7. The molecule has 40 heavy (non-hydrogen) atoms. The van der Waals surface area contributed by atoms with Crippen molar-refractivity contribution in [1.82, 2.24) is 9.80 Å². The van der Waals surface area contributed by atoms with Crippen LogP contribution >= 0.6 is 0 Å². The van der Waals surface area contributed by atoms with Gasteiger partial charge in [0, 0.05) is 48.1 Å². The maximum atomic E-state index is 14.3. The zero-order valence-corrected chi connectivity index (χ0v) is 24.6. The normalized spacial score (nSPS) is 19.2. The lowest BCUT2D eigenvalue weighted by Gasteiger charge is -2.47. The third kappa shape index (κ3) is 6.46. The van der Waals surface area contributed by atoms with E-state index in [1.807, 2.05) is 0 Å². The van der Waals surface area contributed by atoms with Crippen LogP contribution in [0.3, 0.4) is 0 Å². The van der Waals surface area contributed by atoms with Crippen LogP contribution in [0.25, 0.3) is 0 Å². The standard InChI is InChI=1S/C31H43N3O6/c1-31(2,30(36)32-23-16-26(39-5)19-27(17-23)40-6)34(20-21-10-9-13-33-12-8-7-11-28(21)33)29(35)22-14-24(37-3)18-25(15-22)38-4/h14-19,21,28H,7-13,20H2,1-6H3,(H,32,36). The highest BCUT2D eigenvalue weighted by Crippen LogP contribution is 2.35. The van der Waals surface area contributed by atoms with Gasteiger partial charge >= 0.3 is 0 Å². The minimum atomic E-state index is -1.18. The van der Waals surface area contributed by atoms with Crippen molar-refractivity contribution in [3.05, 3.63) is 42.0 Å². The van der Waals surface area contributed by atoms with Crippen molar-refractivity contribution in [1.29, 1.82) is 0 Å². The molecule has 2 unspecified atom stereocenters. The number of nitrogens with one attached hydrogen (secondary N) is 1. The fraction of sp³-hybridized carbons (Fsp3) is 0.548. The van der Waals surface area contributed by atoms with E-state index < -0.39 is 5.54 Å². The first-order valence-electron chi connectivity index (χ1n) is 14.0. The van der Waals surface area contributed by atoms with Crippen LogP contribution in [0, 0.1) is 5.92 Å². The van der Waals surface area contributed by atoms with Crippen LogP contribution in [0.5, 0.6) is 23.0 Å². The van der Waals surface area contributed by atoms with Gasteiger partial charge in [-0.15, -0.1) is 0 Å². The zero-order valence-electron chi connectivity index (χ0n) is 24.6. The fourth-order valence-electron chi connectivity index (χ4n) is 5.96. The Morgan fingerprint density at radius 3 is 1.95 bits per heavy atom. The van der Waals surface area contributed by atoms with E-state index in [0.29, 0.717) is 46.8 Å². The van der Waals surface area contributed by atoms with E-state index in [0.717, 1.165) is 32.4 Å². The Kier molecular flexibility index (Phi) is 9.45. The summed E-state index contributed by atoms with van der Waals surface area (Å²) in [7, 11) is 6.23. The molecule has 2 aliphatic heterocycles. The molecule has 0 saturated carbocycles. The SMILES string of the molecule is COc1cc(NC(=O)C(C)(C)N(CC2CCCN3CCCCC23)C(=O)c2cc(OC)cc(OC)c2)cc(OC)c1. The highest BCUT2D eigenvalue weighted by atomic mass is 16.5. The number of amides is 2. The van der Waals surface area contributed by atoms with Crippen molar-refractivity contribution >= 4 is 17.5 Å². The molecule has 2 amide bonds. The number of fused-ring (bicyclic) bond motifs is 1. The Morgan fingerprint density at radius 2 is 1.38 bits per heavy atom. The van der Waals surface area contributed by atoms with Gasteiger partial charge in [0.25, 0.3) is 5.91 Å². The van der Waals surface area contributed by atoms with Gasteiger partial charge in [0.2, 0.25) is 5.91 Å². The summed E-state index contributed by atoms with van der Waals surface area (Å²) in [6.45, 7) is 6.28. The highest BCUT2D eigenvalue weighted by Gasteiger charge is 2.42. The van der Waals surface area contributed by atoms with Crippen LogP contribution in [0.15, 0.2) is 36.4 Å². The second kappa shape index (κ2) is 12.8. The van der Waals surface area contributed by atoms with Crippen molar-refractivity contribution in [2.45, 2.75) is 57.5 Å². The molecule has 218 valence electrons. The maximum Gasteiger partial charge on any atom is 0.255 e. The van der Waals surface area contributed by atoms with E-state index in [2.05, 4.69) is 10.2 Å². The molecule has 2 saturated heterocycles. The van der Waals surface area contributed by atoms with Crippen LogP contribution in [-0.2, 0) is 4.79 Å². The van der Waals surface area contributed by atoms with Crippen LogP contribution in [0.4, 0.5) is 5.69 Å². The number of carbonyl (C=O) groups excluding carboxylic acids is 2. The zero-order chi connectivity index (χ0) is 28.9. The van der Waals surface area contributed by atoms with Crippen LogP contribution in [0.2, 0.25) is 0 Å². The molecule has 2 fully saturated rings. The first kappa shape index (κ1) is 29.5. The summed E-state index contributed by atoms with van der Waals surface area (Å²) in [5.41, 5.74) is -0.238. The molecule has 9 nitrogen and oxygen atoms in total. The van der Waals surface area contributed by atoms with Crippen molar-refractivity contribution in [3.8, 4) is 23.0 Å². The van der Waals surface area contributed by atoms with Gasteiger partial charge in [0.05, 0.1) is 28.4 Å². The molecule has 2 atom stereocenters. The van der Waals surface area contributed by atoms with E-state index in [9.17, 15) is 9.59 Å². The Bertz CT molecular complexity index is 1150. The Labute approximate surface area is 237 Å². The third-order valence-corrected chi connectivity index (χ3v) is 8.33. The van der Waals surface area contributed by atoms with E-state index in [1.165, 1.54) is 12.8 Å². The Hall–Kier alpha value is -3.46. The Balaban J connectivity index is 1.69. The molecule has 0 bridgehead atoms. The minimum absolute atomic E-state index is 0.242. The van der Waals surface area contributed by atoms with Gasteiger partial charge in [-0.3, -0.25) is 9.59 Å². The van der Waals surface area contributed by atoms with E-state index >= 15 is 0 Å². The predicted octanol–water partition coefficient (Wildman–Crippen LogP) is 4.85. The molecular formula is C31H43N3O6. The van der Waals surface area contributed by atoms with Gasteiger partial charge in [-0.25, -0.2) is 0 Å².